The summed E-state index contributed by atoms with van der Waals surface area (Å²) in [5.74, 6) is -1.16. The monoisotopic (exact) mass is 294 g/mol. The largest absolute Gasteiger partial charge is 0.348 e. The van der Waals surface area contributed by atoms with Crippen LogP contribution >= 0.6 is 22.7 Å². The van der Waals surface area contributed by atoms with E-state index in [1.165, 1.54) is 5.56 Å². The number of carbonyl (C=O) groups is 2. The Morgan fingerprint density at radius 3 is 2.21 bits per heavy atom. The molecule has 0 fully saturated rings. The predicted octanol–water partition coefficient (Wildman–Crippen LogP) is 1.78. The van der Waals surface area contributed by atoms with Crippen LogP contribution in [0.2, 0.25) is 0 Å². The highest BCUT2D eigenvalue weighted by atomic mass is 32.1. The van der Waals surface area contributed by atoms with Crippen molar-refractivity contribution >= 4 is 34.5 Å². The highest BCUT2D eigenvalue weighted by molar-refractivity contribution is 7.08. The summed E-state index contributed by atoms with van der Waals surface area (Å²) in [5.41, 5.74) is 2.17. The summed E-state index contributed by atoms with van der Waals surface area (Å²) in [6.45, 7) is 0.863. The van der Waals surface area contributed by atoms with Crippen LogP contribution < -0.4 is 10.6 Å². The number of hydrogen-bond acceptors (Lipinski definition) is 4. The topological polar surface area (TPSA) is 58.2 Å². The van der Waals surface area contributed by atoms with Crippen molar-refractivity contribution in [1.82, 2.24) is 10.6 Å². The van der Waals surface area contributed by atoms with Crippen molar-refractivity contribution in [3.63, 3.8) is 0 Å². The van der Waals surface area contributed by atoms with Crippen LogP contribution in [-0.4, -0.2) is 18.4 Å². The molecule has 2 aromatic heterocycles. The lowest BCUT2D eigenvalue weighted by Crippen LogP contribution is -2.40. The van der Waals surface area contributed by atoms with E-state index in [0.29, 0.717) is 13.1 Å². The third-order valence-electron chi connectivity index (χ3n) is 2.52. The van der Waals surface area contributed by atoms with Gasteiger partial charge in [0.25, 0.3) is 0 Å². The number of carbonyl (C=O) groups excluding carboxylic acids is 2. The summed E-state index contributed by atoms with van der Waals surface area (Å²) >= 11 is 3.18. The van der Waals surface area contributed by atoms with Gasteiger partial charge in [-0.2, -0.15) is 22.7 Å². The van der Waals surface area contributed by atoms with Crippen molar-refractivity contribution < 1.29 is 9.59 Å². The van der Waals surface area contributed by atoms with Gasteiger partial charge >= 0.3 is 11.8 Å². The Bertz CT molecular complexity index is 521. The number of rotatable bonds is 5. The second-order valence-corrected chi connectivity index (χ2v) is 5.51. The van der Waals surface area contributed by atoms with Crippen molar-refractivity contribution in [2.45, 2.75) is 13.0 Å². The Morgan fingerprint density at radius 2 is 1.58 bits per heavy atom. The fourth-order valence-corrected chi connectivity index (χ4v) is 2.86. The van der Waals surface area contributed by atoms with Crippen LogP contribution in [-0.2, 0) is 22.6 Å². The minimum atomic E-state index is -0.587. The molecule has 2 N–H and O–H groups in total. The Hall–Kier alpha value is -1.66. The van der Waals surface area contributed by atoms with E-state index < -0.39 is 11.8 Å². The van der Waals surface area contributed by atoms with Crippen LogP contribution in [0.5, 0.6) is 0 Å². The minimum Gasteiger partial charge on any atom is -0.348 e. The van der Waals surface area contributed by atoms with E-state index in [-0.39, 0.29) is 0 Å². The van der Waals surface area contributed by atoms with Gasteiger partial charge in [0.05, 0.1) is 0 Å². The van der Waals surface area contributed by atoms with Gasteiger partial charge in [-0.25, -0.2) is 0 Å². The van der Waals surface area contributed by atoms with E-state index in [2.05, 4.69) is 10.6 Å². The molecule has 2 amide bonds. The Morgan fingerprint density at radius 1 is 0.947 bits per heavy atom. The van der Waals surface area contributed by atoms with Gasteiger partial charge in [0.1, 0.15) is 0 Å². The zero-order valence-corrected chi connectivity index (χ0v) is 11.9. The first kappa shape index (κ1) is 13.8. The quantitative estimate of drug-likeness (QED) is 0.826. The van der Waals surface area contributed by atoms with Crippen LogP contribution in [0.15, 0.2) is 33.7 Å². The number of hydrogen-bond donors (Lipinski definition) is 2. The summed E-state index contributed by atoms with van der Waals surface area (Å²) in [4.78, 5) is 23.0. The molecule has 19 heavy (non-hydrogen) atoms. The molecule has 4 nitrogen and oxygen atoms in total. The fourth-order valence-electron chi connectivity index (χ4n) is 1.49. The maximum absolute atomic E-state index is 11.5. The van der Waals surface area contributed by atoms with E-state index in [9.17, 15) is 9.59 Å². The Balaban J connectivity index is 1.66. The molecule has 2 aromatic rings. The maximum atomic E-state index is 11.5. The van der Waals surface area contributed by atoms with E-state index >= 15 is 0 Å². The molecule has 0 aliphatic heterocycles. The Labute approximate surface area is 119 Å². The minimum absolute atomic E-state index is 0.389. The molecule has 0 aliphatic carbocycles. The van der Waals surface area contributed by atoms with E-state index in [1.807, 2.05) is 33.7 Å². The molecule has 0 radical (unpaired) electrons. The number of nitrogens with one attached hydrogen (secondary N) is 2. The van der Waals surface area contributed by atoms with Gasteiger partial charge in [-0.1, -0.05) is 0 Å². The lowest BCUT2D eigenvalue weighted by atomic mass is 10.2. The average molecular weight is 294 g/mol. The molecule has 2 heterocycles. The van der Waals surface area contributed by atoms with Crippen molar-refractivity contribution in [3.8, 4) is 0 Å². The van der Waals surface area contributed by atoms with Crippen molar-refractivity contribution in [1.29, 1.82) is 0 Å². The van der Waals surface area contributed by atoms with Gasteiger partial charge in [0.2, 0.25) is 0 Å². The van der Waals surface area contributed by atoms with E-state index in [4.69, 9.17) is 0 Å². The van der Waals surface area contributed by atoms with Gasteiger partial charge in [-0.15, -0.1) is 0 Å². The van der Waals surface area contributed by atoms with Crippen LogP contribution in [0, 0.1) is 0 Å². The van der Waals surface area contributed by atoms with Gasteiger partial charge in [-0.05, 0) is 51.2 Å². The van der Waals surface area contributed by atoms with Gasteiger partial charge < -0.3 is 10.6 Å². The zero-order valence-electron chi connectivity index (χ0n) is 10.2. The molecular weight excluding hydrogens is 280 g/mol. The second kappa shape index (κ2) is 7.06. The van der Waals surface area contributed by atoms with Crippen LogP contribution in [0.3, 0.4) is 0 Å². The molecular formula is C13H14N2O2S2. The summed E-state index contributed by atoms with van der Waals surface area (Å²) in [6, 6.07) is 3.92. The molecule has 100 valence electrons. The first-order chi connectivity index (χ1) is 9.25. The highest BCUT2D eigenvalue weighted by Crippen LogP contribution is 2.06. The van der Waals surface area contributed by atoms with Crippen LogP contribution in [0.25, 0.3) is 0 Å². The molecule has 2 rings (SSSR count). The predicted molar refractivity (Wildman–Crippen MR) is 77.2 cm³/mol. The molecule has 0 saturated carbocycles. The smallest absolute Gasteiger partial charge is 0.309 e. The fraction of sp³-hybridized carbons (Fsp3) is 0.231. The lowest BCUT2D eigenvalue weighted by Gasteiger charge is -2.05. The molecule has 0 aromatic carbocycles. The Kier molecular flexibility index (Phi) is 5.11. The third kappa shape index (κ3) is 4.50. The molecule has 0 atom stereocenters. The normalized spacial score (nSPS) is 10.1. The first-order valence-electron chi connectivity index (χ1n) is 5.84. The first-order valence-corrected chi connectivity index (χ1v) is 7.72. The lowest BCUT2D eigenvalue weighted by molar-refractivity contribution is -0.139. The summed E-state index contributed by atoms with van der Waals surface area (Å²) in [7, 11) is 0. The van der Waals surface area contributed by atoms with Crippen molar-refractivity contribution in [2.24, 2.45) is 0 Å². The molecule has 0 aliphatic rings. The summed E-state index contributed by atoms with van der Waals surface area (Å²) < 4.78 is 0. The van der Waals surface area contributed by atoms with Crippen LogP contribution in [0.1, 0.15) is 11.1 Å². The standard InChI is InChI=1S/C13H14N2O2S2/c16-12(14-4-1-10-2-5-18-8-10)13(17)15-7-11-3-6-19-9-11/h2-3,5-6,8-9H,1,4,7H2,(H,14,16)(H,15,17). The number of amides is 2. The summed E-state index contributed by atoms with van der Waals surface area (Å²) in [5, 5.41) is 13.1. The molecule has 0 unspecified atom stereocenters. The third-order valence-corrected chi connectivity index (χ3v) is 3.98. The number of thiophene rings is 2. The van der Waals surface area contributed by atoms with Gasteiger partial charge in [-0.3, -0.25) is 9.59 Å². The van der Waals surface area contributed by atoms with Crippen molar-refractivity contribution in [2.75, 3.05) is 6.54 Å². The maximum Gasteiger partial charge on any atom is 0.309 e. The van der Waals surface area contributed by atoms with E-state index in [0.717, 1.165) is 12.0 Å². The summed E-state index contributed by atoms with van der Waals surface area (Å²) in [6.07, 6.45) is 0.743. The average Bonchev–Trinajstić information content (AvgIpc) is 3.08. The highest BCUT2D eigenvalue weighted by Gasteiger charge is 2.12. The van der Waals surface area contributed by atoms with Crippen LogP contribution in [0.4, 0.5) is 0 Å². The zero-order chi connectivity index (χ0) is 13.5. The SMILES string of the molecule is O=C(NCCc1ccsc1)C(=O)NCc1ccsc1. The van der Waals surface area contributed by atoms with E-state index in [1.54, 1.807) is 22.7 Å². The second-order valence-electron chi connectivity index (χ2n) is 3.95. The molecule has 0 saturated heterocycles. The van der Waals surface area contributed by atoms with Crippen molar-refractivity contribution in [3.05, 3.63) is 44.8 Å². The molecule has 0 bridgehead atoms. The van der Waals surface area contributed by atoms with Gasteiger partial charge in [0.15, 0.2) is 0 Å². The molecule has 6 heteroatoms. The van der Waals surface area contributed by atoms with Gasteiger partial charge in [0, 0.05) is 13.1 Å². The molecule has 0 spiro atoms.